The molecule has 4 aliphatic rings. The van der Waals surface area contributed by atoms with Crippen LogP contribution in [0.15, 0.2) is 48.7 Å². The van der Waals surface area contributed by atoms with Gasteiger partial charge in [0, 0.05) is 30.6 Å². The largest absolute Gasteiger partial charge is 0.375 e. The fraction of sp³-hybridized carbons (Fsp3) is 0.517. The summed E-state index contributed by atoms with van der Waals surface area (Å²) in [5, 5.41) is 3.49. The normalized spacial score (nSPS) is 34.7. The molecule has 1 N–H and O–H groups in total. The first kappa shape index (κ1) is 22.4. The van der Waals surface area contributed by atoms with Gasteiger partial charge in [-0.05, 0) is 47.4 Å². The molecule has 1 spiro atoms. The summed E-state index contributed by atoms with van der Waals surface area (Å²) in [6, 6.07) is 12.6. The molecule has 0 radical (unpaired) electrons. The third kappa shape index (κ3) is 3.08. The second kappa shape index (κ2) is 7.25. The lowest BCUT2D eigenvalue weighted by atomic mass is 9.49. The van der Waals surface area contributed by atoms with Crippen LogP contribution in [0.4, 0.5) is 11.5 Å². The second-order valence-corrected chi connectivity index (χ2v) is 12.6. The van der Waals surface area contributed by atoms with Crippen LogP contribution in [0, 0.1) is 22.7 Å². The highest BCUT2D eigenvalue weighted by molar-refractivity contribution is 6.12. The molecule has 6 nitrogen and oxygen atoms in total. The zero-order chi connectivity index (χ0) is 24.8. The number of pyridine rings is 1. The molecule has 3 fully saturated rings. The summed E-state index contributed by atoms with van der Waals surface area (Å²) < 4.78 is 0. The van der Waals surface area contributed by atoms with Crippen molar-refractivity contribution in [2.24, 2.45) is 22.7 Å². The summed E-state index contributed by atoms with van der Waals surface area (Å²) in [6.45, 7) is 8.43. The molecule has 5 atom stereocenters. The van der Waals surface area contributed by atoms with Crippen molar-refractivity contribution in [2.75, 3.05) is 10.2 Å². The quantitative estimate of drug-likeness (QED) is 0.661. The minimum atomic E-state index is -1.09. The van der Waals surface area contributed by atoms with Gasteiger partial charge in [0.15, 0.2) is 5.78 Å². The number of nitrogens with zero attached hydrogens (tertiary/aromatic N) is 2. The number of nitrogens with one attached hydrogen (secondary N) is 1. The number of anilines is 2. The highest BCUT2D eigenvalue weighted by Gasteiger charge is 2.72. The molecular formula is C29H33N3O3. The maximum Gasteiger partial charge on any atom is 0.240 e. The molecule has 1 saturated heterocycles. The zero-order valence-corrected chi connectivity index (χ0v) is 20.9. The summed E-state index contributed by atoms with van der Waals surface area (Å²) >= 11 is 0. The van der Waals surface area contributed by atoms with Crippen LogP contribution in [0.5, 0.6) is 0 Å². The number of benzene rings is 1. The number of Topliss-reactive ketones (excluding diaryl/α,β-unsaturated/α-hetero) is 2. The van der Waals surface area contributed by atoms with Gasteiger partial charge in [0.2, 0.25) is 5.91 Å². The number of para-hydroxylation sites is 1. The predicted molar refractivity (Wildman–Crippen MR) is 134 cm³/mol. The number of fused-ring (bicyclic) bond motifs is 6. The lowest BCUT2D eigenvalue weighted by molar-refractivity contribution is -0.140. The molecule has 2 aromatic rings. The number of aromatic nitrogens is 1. The Balaban J connectivity index is 1.65. The SMILES string of the molecule is CC1(C)CC(=O)C2C(C1)N(c1ccccn1)C(=O)C21c2ccccc2NC2C(=O)CC(C)(C)CC21. The summed E-state index contributed by atoms with van der Waals surface area (Å²) in [6.07, 6.45) is 4.02. The van der Waals surface area contributed by atoms with E-state index in [1.165, 1.54) is 0 Å². The van der Waals surface area contributed by atoms with E-state index >= 15 is 0 Å². The van der Waals surface area contributed by atoms with Crippen LogP contribution in [0.3, 0.4) is 0 Å². The van der Waals surface area contributed by atoms with E-state index in [-0.39, 0.29) is 40.3 Å². The van der Waals surface area contributed by atoms with Crippen molar-refractivity contribution >= 4 is 29.0 Å². The number of ketones is 2. The number of carbonyl (C=O) groups excluding carboxylic acids is 3. The third-order valence-electron chi connectivity index (χ3n) is 8.88. The van der Waals surface area contributed by atoms with Gasteiger partial charge in [0.1, 0.15) is 11.6 Å². The monoisotopic (exact) mass is 471 g/mol. The zero-order valence-electron chi connectivity index (χ0n) is 20.9. The topological polar surface area (TPSA) is 79.4 Å². The van der Waals surface area contributed by atoms with Crippen molar-refractivity contribution in [3.63, 3.8) is 0 Å². The van der Waals surface area contributed by atoms with Crippen LogP contribution < -0.4 is 10.2 Å². The van der Waals surface area contributed by atoms with Crippen LogP contribution in [0.25, 0.3) is 0 Å². The molecule has 2 aliphatic heterocycles. The molecule has 2 aliphatic carbocycles. The van der Waals surface area contributed by atoms with E-state index in [4.69, 9.17) is 0 Å². The average Bonchev–Trinajstić information content (AvgIpc) is 3.03. The average molecular weight is 472 g/mol. The van der Waals surface area contributed by atoms with Crippen molar-refractivity contribution in [2.45, 2.75) is 70.9 Å². The van der Waals surface area contributed by atoms with E-state index in [0.717, 1.165) is 17.7 Å². The first-order valence-electron chi connectivity index (χ1n) is 12.7. The highest BCUT2D eigenvalue weighted by Crippen LogP contribution is 2.62. The molecule has 1 aromatic heterocycles. The van der Waals surface area contributed by atoms with Gasteiger partial charge in [-0.25, -0.2) is 4.98 Å². The maximum absolute atomic E-state index is 14.9. The highest BCUT2D eigenvalue weighted by atomic mass is 16.2. The Morgan fingerprint density at radius 1 is 0.886 bits per heavy atom. The van der Waals surface area contributed by atoms with Gasteiger partial charge in [-0.1, -0.05) is 52.0 Å². The molecule has 0 bridgehead atoms. The minimum Gasteiger partial charge on any atom is -0.375 e. The third-order valence-corrected chi connectivity index (χ3v) is 8.88. The predicted octanol–water partition coefficient (Wildman–Crippen LogP) is 4.54. The number of hydrogen-bond acceptors (Lipinski definition) is 5. The van der Waals surface area contributed by atoms with Crippen LogP contribution in [-0.4, -0.2) is 34.5 Å². The van der Waals surface area contributed by atoms with Gasteiger partial charge >= 0.3 is 0 Å². The molecule has 6 heteroatoms. The Hall–Kier alpha value is -3.02. The van der Waals surface area contributed by atoms with Crippen LogP contribution in [-0.2, 0) is 19.8 Å². The molecule has 3 heterocycles. The van der Waals surface area contributed by atoms with Crippen molar-refractivity contribution < 1.29 is 14.4 Å². The van der Waals surface area contributed by atoms with E-state index in [1.807, 2.05) is 47.4 Å². The maximum atomic E-state index is 14.9. The lowest BCUT2D eigenvalue weighted by Crippen LogP contribution is -2.63. The summed E-state index contributed by atoms with van der Waals surface area (Å²) in [5.41, 5.74) is 0.109. The Labute approximate surface area is 206 Å². The van der Waals surface area contributed by atoms with Gasteiger partial charge < -0.3 is 5.32 Å². The van der Waals surface area contributed by atoms with E-state index in [9.17, 15) is 14.4 Å². The van der Waals surface area contributed by atoms with Crippen LogP contribution in [0.1, 0.15) is 58.9 Å². The summed E-state index contributed by atoms with van der Waals surface area (Å²) in [7, 11) is 0. The Morgan fingerprint density at radius 3 is 2.31 bits per heavy atom. The van der Waals surface area contributed by atoms with Crippen LogP contribution >= 0.6 is 0 Å². The Morgan fingerprint density at radius 2 is 1.57 bits per heavy atom. The number of carbonyl (C=O) groups is 3. The molecule has 2 saturated carbocycles. The van der Waals surface area contributed by atoms with E-state index in [2.05, 4.69) is 38.0 Å². The van der Waals surface area contributed by atoms with Crippen LogP contribution in [0.2, 0.25) is 0 Å². The molecule has 1 aromatic carbocycles. The van der Waals surface area contributed by atoms with Crippen molar-refractivity contribution in [1.29, 1.82) is 0 Å². The summed E-state index contributed by atoms with van der Waals surface area (Å²) in [5.74, 6) is -0.0424. The molecule has 5 unspecified atom stereocenters. The van der Waals surface area contributed by atoms with Crippen molar-refractivity contribution in [3.05, 3.63) is 54.2 Å². The molecule has 6 rings (SSSR count). The molecular weight excluding hydrogens is 438 g/mol. The van der Waals surface area contributed by atoms with Crippen molar-refractivity contribution in [1.82, 2.24) is 4.98 Å². The van der Waals surface area contributed by atoms with Gasteiger partial charge in [-0.15, -0.1) is 0 Å². The number of rotatable bonds is 1. The minimum absolute atomic E-state index is 0.0771. The molecule has 1 amide bonds. The van der Waals surface area contributed by atoms with Gasteiger partial charge in [0.25, 0.3) is 0 Å². The number of amides is 1. The fourth-order valence-electron chi connectivity index (χ4n) is 7.81. The molecule has 182 valence electrons. The Kier molecular flexibility index (Phi) is 4.65. The van der Waals surface area contributed by atoms with Gasteiger partial charge in [0.05, 0.1) is 23.4 Å². The number of hydrogen-bond donors (Lipinski definition) is 1. The Bertz CT molecular complexity index is 1240. The standard InChI is InChI=1S/C29H33N3O3/c1-27(2)13-18-25(22(34)16-27)31-19-10-6-5-9-17(19)29(18)24-20(14-28(3,4)15-21(24)33)32(26(29)35)23-11-7-8-12-30-23/h5-12,18,20,24-25,31H,13-16H2,1-4H3. The van der Waals surface area contributed by atoms with Crippen molar-refractivity contribution in [3.8, 4) is 0 Å². The van der Waals surface area contributed by atoms with E-state index in [0.29, 0.717) is 25.1 Å². The first-order chi connectivity index (χ1) is 16.6. The first-order valence-corrected chi connectivity index (χ1v) is 12.7. The smallest absolute Gasteiger partial charge is 0.240 e. The fourth-order valence-corrected chi connectivity index (χ4v) is 7.81. The second-order valence-electron chi connectivity index (χ2n) is 12.6. The lowest BCUT2D eigenvalue weighted by Gasteiger charge is -2.54. The van der Waals surface area contributed by atoms with Gasteiger partial charge in [-0.3, -0.25) is 19.3 Å². The van der Waals surface area contributed by atoms with Gasteiger partial charge in [-0.2, -0.15) is 0 Å². The summed E-state index contributed by atoms with van der Waals surface area (Å²) in [4.78, 5) is 48.9. The van der Waals surface area contributed by atoms with E-state index in [1.54, 1.807) is 6.20 Å². The molecule has 35 heavy (non-hydrogen) atoms. The van der Waals surface area contributed by atoms with E-state index < -0.39 is 17.4 Å².